The lowest BCUT2D eigenvalue weighted by molar-refractivity contribution is 0.255. The van der Waals surface area contributed by atoms with E-state index in [0.717, 1.165) is 0 Å². The second-order valence-electron chi connectivity index (χ2n) is 10.6. The van der Waals surface area contributed by atoms with E-state index in [0.29, 0.717) is 0 Å². The molecule has 1 nitrogen and oxygen atoms in total. The molecular formula is C31H65N. The molecule has 0 aliphatic heterocycles. The lowest BCUT2D eigenvalue weighted by Gasteiger charge is -2.22. The molecule has 0 aromatic carbocycles. The molecule has 32 heavy (non-hydrogen) atoms. The number of nitrogens with zero attached hydrogens (tertiary/aromatic N) is 1. The van der Waals surface area contributed by atoms with Crippen molar-refractivity contribution in [3.8, 4) is 0 Å². The molecule has 0 rings (SSSR count). The van der Waals surface area contributed by atoms with E-state index >= 15 is 0 Å². The molecule has 0 aliphatic rings. The number of hydrogen-bond acceptors (Lipinski definition) is 1. The van der Waals surface area contributed by atoms with Crippen LogP contribution in [0.25, 0.3) is 0 Å². The van der Waals surface area contributed by atoms with Gasteiger partial charge < -0.3 is 4.90 Å². The first kappa shape index (κ1) is 32.0. The summed E-state index contributed by atoms with van der Waals surface area (Å²) in [5.74, 6) is 0. The first-order valence-corrected chi connectivity index (χ1v) is 15.6. The van der Waals surface area contributed by atoms with Gasteiger partial charge >= 0.3 is 0 Å². The maximum atomic E-state index is 2.80. The Morgan fingerprint density at radius 1 is 0.250 bits per heavy atom. The van der Waals surface area contributed by atoms with Crippen molar-refractivity contribution in [1.29, 1.82) is 0 Å². The maximum Gasteiger partial charge on any atom is -0.00187 e. The van der Waals surface area contributed by atoms with E-state index in [-0.39, 0.29) is 0 Å². The monoisotopic (exact) mass is 452 g/mol. The lowest BCUT2D eigenvalue weighted by atomic mass is 10.0. The highest BCUT2D eigenvalue weighted by Crippen LogP contribution is 2.14. The Bertz CT molecular complexity index is 314. The fourth-order valence-electron chi connectivity index (χ4n) is 4.92. The van der Waals surface area contributed by atoms with Gasteiger partial charge in [0.15, 0.2) is 0 Å². The van der Waals surface area contributed by atoms with Gasteiger partial charge in [-0.25, -0.2) is 0 Å². The molecule has 0 aliphatic carbocycles. The molecule has 0 amide bonds. The largest absolute Gasteiger partial charge is 0.303 e. The van der Waals surface area contributed by atoms with Crippen LogP contribution >= 0.6 is 0 Å². The third-order valence-corrected chi connectivity index (χ3v) is 7.23. The van der Waals surface area contributed by atoms with Crippen LogP contribution < -0.4 is 0 Å². The van der Waals surface area contributed by atoms with Crippen LogP contribution in [0.15, 0.2) is 0 Å². The maximum absolute atomic E-state index is 2.80. The van der Waals surface area contributed by atoms with Gasteiger partial charge in [-0.3, -0.25) is 0 Å². The van der Waals surface area contributed by atoms with Crippen molar-refractivity contribution >= 4 is 0 Å². The summed E-state index contributed by atoms with van der Waals surface area (Å²) in [6.45, 7) is 11.0. The third-order valence-electron chi connectivity index (χ3n) is 7.23. The van der Waals surface area contributed by atoms with E-state index < -0.39 is 0 Å². The molecule has 0 heterocycles. The van der Waals surface area contributed by atoms with Crippen LogP contribution in [0.3, 0.4) is 0 Å². The molecule has 0 saturated carbocycles. The zero-order valence-corrected chi connectivity index (χ0v) is 23.2. The molecule has 0 N–H and O–H groups in total. The minimum atomic E-state index is 1.35. The van der Waals surface area contributed by atoms with Crippen molar-refractivity contribution in [2.75, 3.05) is 19.6 Å². The van der Waals surface area contributed by atoms with Crippen molar-refractivity contribution < 1.29 is 0 Å². The van der Waals surface area contributed by atoms with Gasteiger partial charge in [-0.05, 0) is 38.9 Å². The second-order valence-corrected chi connectivity index (χ2v) is 10.6. The van der Waals surface area contributed by atoms with Crippen LogP contribution in [0, 0.1) is 0 Å². The normalized spacial score (nSPS) is 11.6. The Kier molecular flexibility index (Phi) is 29.0. The molecule has 1 heteroatoms. The predicted octanol–water partition coefficient (Wildman–Crippen LogP) is 11.1. The van der Waals surface area contributed by atoms with Gasteiger partial charge in [-0.1, -0.05) is 162 Å². The van der Waals surface area contributed by atoms with E-state index in [1.54, 1.807) is 0 Å². The van der Waals surface area contributed by atoms with E-state index in [2.05, 4.69) is 25.7 Å². The Morgan fingerprint density at radius 2 is 0.438 bits per heavy atom. The fraction of sp³-hybridized carbons (Fsp3) is 1.00. The van der Waals surface area contributed by atoms with Gasteiger partial charge in [0.05, 0.1) is 0 Å². The molecule has 194 valence electrons. The Hall–Kier alpha value is -0.0400. The topological polar surface area (TPSA) is 3.24 Å². The van der Waals surface area contributed by atoms with Crippen LogP contribution in [0.5, 0.6) is 0 Å². The van der Waals surface area contributed by atoms with Crippen LogP contribution in [0.4, 0.5) is 0 Å². The third kappa shape index (κ3) is 26.2. The van der Waals surface area contributed by atoms with E-state index in [9.17, 15) is 0 Å². The highest BCUT2D eigenvalue weighted by atomic mass is 15.1. The lowest BCUT2D eigenvalue weighted by Crippen LogP contribution is -2.27. The Morgan fingerprint density at radius 3 is 0.719 bits per heavy atom. The Balaban J connectivity index is 3.59. The van der Waals surface area contributed by atoms with Crippen molar-refractivity contribution in [2.45, 2.75) is 181 Å². The molecule has 0 fully saturated rings. The number of unbranched alkanes of at least 4 members (excludes halogenated alkanes) is 22. The van der Waals surface area contributed by atoms with Gasteiger partial charge in [-0.2, -0.15) is 0 Å². The van der Waals surface area contributed by atoms with Gasteiger partial charge in [0, 0.05) is 0 Å². The van der Waals surface area contributed by atoms with Gasteiger partial charge in [0.25, 0.3) is 0 Å². The average molecular weight is 452 g/mol. The smallest absolute Gasteiger partial charge is 0.00187 e. The molecule has 0 aromatic heterocycles. The highest BCUT2D eigenvalue weighted by Gasteiger charge is 2.04. The quantitative estimate of drug-likeness (QED) is 0.107. The standard InChI is InChI=1S/C31H65N/c1-4-7-10-12-14-16-18-19-21-23-25-28-31-32(29-26-9-6-3)30-27-24-22-20-17-15-13-11-8-5-2/h4-31H2,1-3H3. The number of hydrogen-bond donors (Lipinski definition) is 0. The molecule has 0 unspecified atom stereocenters. The van der Waals surface area contributed by atoms with Gasteiger partial charge in [-0.15, -0.1) is 0 Å². The molecular weight excluding hydrogens is 386 g/mol. The molecule has 0 saturated heterocycles. The molecule has 0 radical (unpaired) electrons. The van der Waals surface area contributed by atoms with Gasteiger partial charge in [0.2, 0.25) is 0 Å². The van der Waals surface area contributed by atoms with Crippen molar-refractivity contribution in [1.82, 2.24) is 4.90 Å². The fourth-order valence-corrected chi connectivity index (χ4v) is 4.92. The van der Waals surface area contributed by atoms with Crippen molar-refractivity contribution in [3.05, 3.63) is 0 Å². The summed E-state index contributed by atoms with van der Waals surface area (Å²) in [6.07, 6.45) is 36.2. The minimum Gasteiger partial charge on any atom is -0.303 e. The van der Waals surface area contributed by atoms with Crippen LogP contribution in [-0.4, -0.2) is 24.5 Å². The SMILES string of the molecule is CCCCCCCCCCCCCCN(CCCCC)CCCCCCCCCCCC. The summed E-state index contributed by atoms with van der Waals surface area (Å²) in [4.78, 5) is 2.80. The summed E-state index contributed by atoms with van der Waals surface area (Å²) in [5, 5.41) is 0. The summed E-state index contributed by atoms with van der Waals surface area (Å²) < 4.78 is 0. The average Bonchev–Trinajstić information content (AvgIpc) is 2.80. The Labute approximate surface area is 205 Å². The number of rotatable bonds is 28. The van der Waals surface area contributed by atoms with Crippen LogP contribution in [0.2, 0.25) is 0 Å². The van der Waals surface area contributed by atoms with Crippen molar-refractivity contribution in [2.24, 2.45) is 0 Å². The van der Waals surface area contributed by atoms with E-state index in [1.165, 1.54) is 180 Å². The zero-order valence-electron chi connectivity index (χ0n) is 23.2. The first-order valence-electron chi connectivity index (χ1n) is 15.6. The van der Waals surface area contributed by atoms with E-state index in [1.807, 2.05) is 0 Å². The molecule has 0 atom stereocenters. The van der Waals surface area contributed by atoms with E-state index in [4.69, 9.17) is 0 Å². The van der Waals surface area contributed by atoms with Crippen molar-refractivity contribution in [3.63, 3.8) is 0 Å². The predicted molar refractivity (Wildman–Crippen MR) is 149 cm³/mol. The molecule has 0 spiro atoms. The highest BCUT2D eigenvalue weighted by molar-refractivity contribution is 4.60. The summed E-state index contributed by atoms with van der Waals surface area (Å²) in [7, 11) is 0. The second kappa shape index (κ2) is 29.0. The van der Waals surface area contributed by atoms with Crippen LogP contribution in [0.1, 0.15) is 181 Å². The van der Waals surface area contributed by atoms with Crippen LogP contribution in [-0.2, 0) is 0 Å². The zero-order chi connectivity index (χ0) is 23.4. The summed E-state index contributed by atoms with van der Waals surface area (Å²) in [5.41, 5.74) is 0. The molecule has 0 bridgehead atoms. The first-order chi connectivity index (χ1) is 15.8. The summed E-state index contributed by atoms with van der Waals surface area (Å²) >= 11 is 0. The minimum absolute atomic E-state index is 1.35. The molecule has 0 aromatic rings. The summed E-state index contributed by atoms with van der Waals surface area (Å²) in [6, 6.07) is 0. The van der Waals surface area contributed by atoms with Gasteiger partial charge in [0.1, 0.15) is 0 Å².